The topological polar surface area (TPSA) is 84.9 Å². The van der Waals surface area contributed by atoms with E-state index in [1.54, 1.807) is 6.92 Å². The first-order valence-electron chi connectivity index (χ1n) is 7.55. The van der Waals surface area contributed by atoms with Crippen LogP contribution in [0.2, 0.25) is 0 Å². The number of amides is 1. The van der Waals surface area contributed by atoms with Crippen LogP contribution in [-0.4, -0.2) is 49.5 Å². The molecule has 0 aromatic heterocycles. The Morgan fingerprint density at radius 2 is 2.05 bits per heavy atom. The molecule has 1 amide bonds. The van der Waals surface area contributed by atoms with E-state index in [-0.39, 0.29) is 18.9 Å². The molecule has 1 aliphatic heterocycles. The lowest BCUT2D eigenvalue weighted by Gasteiger charge is -2.28. The molecule has 0 radical (unpaired) electrons. The highest BCUT2D eigenvalue weighted by Gasteiger charge is 2.29. The van der Waals surface area contributed by atoms with E-state index in [2.05, 4.69) is 5.32 Å². The average molecular weight is 301 g/mol. The molecule has 6 nitrogen and oxygen atoms in total. The molecule has 1 fully saturated rings. The van der Waals surface area contributed by atoms with Crippen LogP contribution in [0.1, 0.15) is 45.4 Å². The zero-order valence-corrected chi connectivity index (χ0v) is 13.0. The Morgan fingerprint density at radius 3 is 2.62 bits per heavy atom. The second-order valence-corrected chi connectivity index (χ2v) is 6.06. The highest BCUT2D eigenvalue weighted by atomic mass is 16.5. The molecular formula is C15H27NO5. The van der Waals surface area contributed by atoms with Gasteiger partial charge in [-0.1, -0.05) is 0 Å². The van der Waals surface area contributed by atoms with Crippen molar-refractivity contribution in [3.05, 3.63) is 0 Å². The molecule has 1 unspecified atom stereocenters. The molecule has 0 aromatic carbocycles. The van der Waals surface area contributed by atoms with E-state index in [1.165, 1.54) is 7.11 Å². The van der Waals surface area contributed by atoms with Crippen LogP contribution in [0.25, 0.3) is 0 Å². The number of methoxy groups -OCH3 is 1. The first-order chi connectivity index (χ1) is 9.95. The number of nitrogens with one attached hydrogen (secondary N) is 1. The van der Waals surface area contributed by atoms with Crippen molar-refractivity contribution in [2.24, 2.45) is 5.92 Å². The van der Waals surface area contributed by atoms with E-state index in [4.69, 9.17) is 14.6 Å². The normalized spacial score (nSPS) is 19.0. The van der Waals surface area contributed by atoms with E-state index in [0.29, 0.717) is 12.3 Å². The van der Waals surface area contributed by atoms with E-state index in [1.807, 2.05) is 0 Å². The van der Waals surface area contributed by atoms with Gasteiger partial charge in [0.05, 0.1) is 18.6 Å². The fourth-order valence-corrected chi connectivity index (χ4v) is 2.77. The van der Waals surface area contributed by atoms with Gasteiger partial charge in [0.2, 0.25) is 5.91 Å². The van der Waals surface area contributed by atoms with Crippen LogP contribution in [0.3, 0.4) is 0 Å². The Hall–Kier alpha value is -1.14. The Balaban J connectivity index is 2.30. The number of ether oxygens (including phenoxy) is 2. The summed E-state index contributed by atoms with van der Waals surface area (Å²) >= 11 is 0. The average Bonchev–Trinajstić information content (AvgIpc) is 2.38. The highest BCUT2D eigenvalue weighted by molar-refractivity contribution is 5.78. The van der Waals surface area contributed by atoms with Gasteiger partial charge in [0.25, 0.3) is 0 Å². The minimum Gasteiger partial charge on any atom is -0.481 e. The Morgan fingerprint density at radius 1 is 1.38 bits per heavy atom. The predicted molar refractivity (Wildman–Crippen MR) is 78.1 cm³/mol. The Labute approximate surface area is 126 Å². The molecule has 0 spiro atoms. The quantitative estimate of drug-likeness (QED) is 0.675. The number of aliphatic carboxylic acids is 1. The maximum atomic E-state index is 12.0. The molecule has 122 valence electrons. The van der Waals surface area contributed by atoms with Crippen molar-refractivity contribution in [2.45, 2.75) is 51.0 Å². The first kappa shape index (κ1) is 17.9. The fourth-order valence-electron chi connectivity index (χ4n) is 2.77. The molecular weight excluding hydrogens is 274 g/mol. The number of carbonyl (C=O) groups excluding carboxylic acids is 1. The minimum absolute atomic E-state index is 0.108. The molecule has 6 heteroatoms. The molecule has 1 rings (SSSR count). The summed E-state index contributed by atoms with van der Waals surface area (Å²) in [7, 11) is 1.50. The zero-order valence-electron chi connectivity index (χ0n) is 13.0. The van der Waals surface area contributed by atoms with Gasteiger partial charge in [-0.05, 0) is 38.5 Å². The molecule has 0 saturated carbocycles. The van der Waals surface area contributed by atoms with Crippen molar-refractivity contribution < 1.29 is 24.2 Å². The number of carbonyl (C=O) groups is 2. The van der Waals surface area contributed by atoms with Crippen molar-refractivity contribution in [1.82, 2.24) is 5.32 Å². The van der Waals surface area contributed by atoms with Crippen LogP contribution in [0.15, 0.2) is 0 Å². The summed E-state index contributed by atoms with van der Waals surface area (Å²) in [6.07, 6.45) is 4.27. The van der Waals surface area contributed by atoms with Crippen molar-refractivity contribution in [2.75, 3.05) is 26.9 Å². The summed E-state index contributed by atoms with van der Waals surface area (Å²) in [6, 6.07) is 0. The van der Waals surface area contributed by atoms with Gasteiger partial charge in [0, 0.05) is 26.7 Å². The van der Waals surface area contributed by atoms with Gasteiger partial charge in [-0.25, -0.2) is 0 Å². The smallest absolute Gasteiger partial charge is 0.305 e. The molecule has 1 aliphatic rings. The van der Waals surface area contributed by atoms with Gasteiger partial charge in [-0.3, -0.25) is 9.59 Å². The summed E-state index contributed by atoms with van der Waals surface area (Å²) in [5.41, 5.74) is -0.851. The van der Waals surface area contributed by atoms with Gasteiger partial charge in [0.1, 0.15) is 0 Å². The standard InChI is InChI=1S/C15H27NO5/c1-15(11-20-2,10-14(18)19)16-13(17)5-3-4-12-6-8-21-9-7-12/h12H,3-11H2,1-2H3,(H,16,17)(H,18,19). The third kappa shape index (κ3) is 7.43. The number of rotatable bonds is 9. The number of carboxylic acids is 1. The van der Waals surface area contributed by atoms with E-state index in [9.17, 15) is 9.59 Å². The monoisotopic (exact) mass is 301 g/mol. The Bertz CT molecular complexity index is 341. The number of carboxylic acid groups (broad SMARTS) is 1. The second kappa shape index (κ2) is 9.00. The summed E-state index contributed by atoms with van der Waals surface area (Å²) in [5.74, 6) is -0.407. The van der Waals surface area contributed by atoms with Crippen LogP contribution >= 0.6 is 0 Å². The van der Waals surface area contributed by atoms with Crippen molar-refractivity contribution >= 4 is 11.9 Å². The predicted octanol–water partition coefficient (Wildman–Crippen LogP) is 1.58. The third-order valence-corrected chi connectivity index (χ3v) is 3.80. The molecule has 0 aliphatic carbocycles. The van der Waals surface area contributed by atoms with Crippen LogP contribution in [-0.2, 0) is 19.1 Å². The van der Waals surface area contributed by atoms with E-state index < -0.39 is 11.5 Å². The van der Waals surface area contributed by atoms with Crippen molar-refractivity contribution in [3.8, 4) is 0 Å². The maximum Gasteiger partial charge on any atom is 0.305 e. The van der Waals surface area contributed by atoms with Crippen LogP contribution in [0.5, 0.6) is 0 Å². The minimum atomic E-state index is -0.947. The molecule has 0 aromatic rings. The van der Waals surface area contributed by atoms with Crippen molar-refractivity contribution in [3.63, 3.8) is 0 Å². The van der Waals surface area contributed by atoms with Crippen LogP contribution in [0.4, 0.5) is 0 Å². The van der Waals surface area contributed by atoms with Gasteiger partial charge in [-0.15, -0.1) is 0 Å². The first-order valence-corrected chi connectivity index (χ1v) is 7.55. The lowest BCUT2D eigenvalue weighted by Crippen LogP contribution is -2.50. The summed E-state index contributed by atoms with van der Waals surface area (Å²) in [4.78, 5) is 22.8. The fraction of sp³-hybridized carbons (Fsp3) is 0.867. The largest absolute Gasteiger partial charge is 0.481 e. The summed E-state index contributed by atoms with van der Waals surface area (Å²) in [5, 5.41) is 11.7. The second-order valence-electron chi connectivity index (χ2n) is 6.06. The summed E-state index contributed by atoms with van der Waals surface area (Å²) < 4.78 is 10.3. The molecule has 1 atom stereocenters. The van der Waals surface area contributed by atoms with Crippen LogP contribution < -0.4 is 5.32 Å². The highest BCUT2D eigenvalue weighted by Crippen LogP contribution is 2.21. The van der Waals surface area contributed by atoms with Crippen molar-refractivity contribution in [1.29, 1.82) is 0 Å². The molecule has 2 N–H and O–H groups in total. The van der Waals surface area contributed by atoms with E-state index in [0.717, 1.165) is 38.9 Å². The number of hydrogen-bond acceptors (Lipinski definition) is 4. The van der Waals surface area contributed by atoms with Gasteiger partial charge >= 0.3 is 5.97 Å². The van der Waals surface area contributed by atoms with Crippen LogP contribution in [0, 0.1) is 5.92 Å². The third-order valence-electron chi connectivity index (χ3n) is 3.80. The lowest BCUT2D eigenvalue weighted by atomic mass is 9.93. The maximum absolute atomic E-state index is 12.0. The SMILES string of the molecule is COCC(C)(CC(=O)O)NC(=O)CCCC1CCOCC1. The summed E-state index contributed by atoms with van der Waals surface area (Å²) in [6.45, 7) is 3.52. The number of hydrogen-bond donors (Lipinski definition) is 2. The zero-order chi connectivity index (χ0) is 15.7. The van der Waals surface area contributed by atoms with Gasteiger partial charge in [-0.2, -0.15) is 0 Å². The van der Waals surface area contributed by atoms with Gasteiger partial charge < -0.3 is 19.9 Å². The molecule has 0 bridgehead atoms. The Kier molecular flexibility index (Phi) is 7.67. The lowest BCUT2D eigenvalue weighted by molar-refractivity contribution is -0.139. The van der Waals surface area contributed by atoms with Gasteiger partial charge in [0.15, 0.2) is 0 Å². The molecule has 21 heavy (non-hydrogen) atoms. The molecule has 1 heterocycles. The van der Waals surface area contributed by atoms with E-state index >= 15 is 0 Å². The molecule has 1 saturated heterocycles.